The highest BCUT2D eigenvalue weighted by molar-refractivity contribution is 9.13. The van der Waals surface area contributed by atoms with Crippen LogP contribution in [0.15, 0.2) is 25.2 Å². The summed E-state index contributed by atoms with van der Waals surface area (Å²) in [4.78, 5) is 0. The fourth-order valence-corrected chi connectivity index (χ4v) is 1.89. The highest BCUT2D eigenvalue weighted by atomic mass is 79.9. The third-order valence-corrected chi connectivity index (χ3v) is 3.72. The molecule has 4 heteroatoms. The summed E-state index contributed by atoms with van der Waals surface area (Å²) >= 11 is 6.71. The van der Waals surface area contributed by atoms with Crippen molar-refractivity contribution in [2.24, 2.45) is 5.92 Å². The molecule has 1 N–H and O–H groups in total. The van der Waals surface area contributed by atoms with E-state index >= 15 is 0 Å². The first-order valence-electron chi connectivity index (χ1n) is 5.31. The topological polar surface area (TPSA) is 25.2 Å². The summed E-state index contributed by atoms with van der Waals surface area (Å²) in [5.74, 6) is 1.54. The molecule has 16 heavy (non-hydrogen) atoms. The van der Waals surface area contributed by atoms with E-state index in [-0.39, 0.29) is 0 Å². The van der Waals surface area contributed by atoms with Crippen LogP contribution in [0.25, 0.3) is 6.08 Å². The molecule has 0 aliphatic heterocycles. The Hall–Kier alpha value is -0.0600. The molecule has 0 aromatic carbocycles. The Morgan fingerprint density at radius 2 is 2.19 bits per heavy atom. The smallest absolute Gasteiger partial charge is 0.184 e. The van der Waals surface area contributed by atoms with E-state index in [2.05, 4.69) is 57.9 Å². The number of halogens is 2. The molecule has 0 atom stereocenters. The van der Waals surface area contributed by atoms with Crippen LogP contribution in [0.1, 0.15) is 26.5 Å². The van der Waals surface area contributed by atoms with E-state index in [1.807, 2.05) is 12.1 Å². The second-order valence-electron chi connectivity index (χ2n) is 4.29. The minimum absolute atomic E-state index is 0.680. The minimum atomic E-state index is 0.680. The van der Waals surface area contributed by atoms with E-state index < -0.39 is 0 Å². The molecule has 0 saturated carbocycles. The SMILES string of the molecule is CC(=Cc1cc(Br)c(Br)o1)CNCC(C)C. The van der Waals surface area contributed by atoms with Crippen LogP contribution in [0.2, 0.25) is 0 Å². The molecule has 0 radical (unpaired) electrons. The predicted molar refractivity (Wildman–Crippen MR) is 75.5 cm³/mol. The number of furan rings is 1. The van der Waals surface area contributed by atoms with Crippen molar-refractivity contribution >= 4 is 37.9 Å². The molecule has 90 valence electrons. The van der Waals surface area contributed by atoms with Gasteiger partial charge in [-0.2, -0.15) is 0 Å². The molecule has 1 heterocycles. The van der Waals surface area contributed by atoms with E-state index in [4.69, 9.17) is 4.42 Å². The van der Waals surface area contributed by atoms with E-state index in [0.717, 1.165) is 28.0 Å². The van der Waals surface area contributed by atoms with Crippen molar-refractivity contribution in [3.63, 3.8) is 0 Å². The van der Waals surface area contributed by atoms with Gasteiger partial charge >= 0.3 is 0 Å². The molecule has 0 bridgehead atoms. The maximum Gasteiger partial charge on any atom is 0.184 e. The zero-order valence-electron chi connectivity index (χ0n) is 9.81. The van der Waals surface area contributed by atoms with Crippen LogP contribution in [0.3, 0.4) is 0 Å². The molecule has 1 aromatic heterocycles. The number of hydrogen-bond acceptors (Lipinski definition) is 2. The van der Waals surface area contributed by atoms with Gasteiger partial charge in [-0.1, -0.05) is 19.4 Å². The monoisotopic (exact) mass is 349 g/mol. The summed E-state index contributed by atoms with van der Waals surface area (Å²) in [5, 5.41) is 3.39. The summed E-state index contributed by atoms with van der Waals surface area (Å²) in [5.41, 5.74) is 1.26. The van der Waals surface area contributed by atoms with Crippen molar-refractivity contribution in [3.05, 3.63) is 26.5 Å². The normalized spacial score (nSPS) is 12.5. The largest absolute Gasteiger partial charge is 0.449 e. The van der Waals surface area contributed by atoms with Crippen LogP contribution >= 0.6 is 31.9 Å². The Bertz CT molecular complexity index is 350. The van der Waals surface area contributed by atoms with E-state index in [9.17, 15) is 0 Å². The molecular weight excluding hydrogens is 334 g/mol. The van der Waals surface area contributed by atoms with Gasteiger partial charge in [0.05, 0.1) is 4.47 Å². The van der Waals surface area contributed by atoms with Crippen LogP contribution < -0.4 is 5.32 Å². The first-order valence-corrected chi connectivity index (χ1v) is 6.90. The molecule has 0 fully saturated rings. The summed E-state index contributed by atoms with van der Waals surface area (Å²) in [6, 6.07) is 1.95. The Morgan fingerprint density at radius 1 is 1.50 bits per heavy atom. The first-order chi connectivity index (χ1) is 7.49. The molecule has 0 amide bonds. The van der Waals surface area contributed by atoms with Crippen molar-refractivity contribution < 1.29 is 4.42 Å². The average molecular weight is 351 g/mol. The number of hydrogen-bond donors (Lipinski definition) is 1. The summed E-state index contributed by atoms with van der Waals surface area (Å²) in [6.45, 7) is 8.43. The predicted octanol–water partition coefficient (Wildman–Crippen LogP) is 4.45. The Kier molecular flexibility index (Phi) is 5.79. The van der Waals surface area contributed by atoms with Gasteiger partial charge in [-0.25, -0.2) is 0 Å². The Morgan fingerprint density at radius 3 is 2.69 bits per heavy atom. The second kappa shape index (κ2) is 6.62. The highest BCUT2D eigenvalue weighted by Gasteiger charge is 2.03. The first kappa shape index (κ1) is 14.0. The zero-order chi connectivity index (χ0) is 12.1. The number of nitrogens with one attached hydrogen (secondary N) is 1. The Labute approximate surface area is 114 Å². The highest BCUT2D eigenvalue weighted by Crippen LogP contribution is 2.27. The molecule has 2 nitrogen and oxygen atoms in total. The van der Waals surface area contributed by atoms with Gasteiger partial charge in [-0.15, -0.1) is 0 Å². The van der Waals surface area contributed by atoms with Crippen LogP contribution in [-0.4, -0.2) is 13.1 Å². The van der Waals surface area contributed by atoms with Crippen LogP contribution in [0.5, 0.6) is 0 Å². The molecule has 0 aliphatic rings. The summed E-state index contributed by atoms with van der Waals surface area (Å²) in [7, 11) is 0. The van der Waals surface area contributed by atoms with E-state index in [1.165, 1.54) is 5.57 Å². The van der Waals surface area contributed by atoms with Crippen molar-refractivity contribution in [1.29, 1.82) is 0 Å². The van der Waals surface area contributed by atoms with Gasteiger partial charge in [0.1, 0.15) is 5.76 Å². The van der Waals surface area contributed by atoms with Crippen LogP contribution in [-0.2, 0) is 0 Å². The van der Waals surface area contributed by atoms with E-state index in [0.29, 0.717) is 5.92 Å². The lowest BCUT2D eigenvalue weighted by Crippen LogP contribution is -2.21. The lowest BCUT2D eigenvalue weighted by molar-refractivity contribution is 0.528. The maximum atomic E-state index is 5.48. The average Bonchev–Trinajstić information content (AvgIpc) is 2.44. The molecule has 0 spiro atoms. The molecule has 0 saturated heterocycles. The molecule has 0 aliphatic carbocycles. The second-order valence-corrected chi connectivity index (χ2v) is 5.86. The van der Waals surface area contributed by atoms with Crippen molar-refractivity contribution in [2.75, 3.05) is 13.1 Å². The third-order valence-electron chi connectivity index (χ3n) is 2.01. The lowest BCUT2D eigenvalue weighted by atomic mass is 10.2. The fraction of sp³-hybridized carbons (Fsp3) is 0.500. The summed E-state index contributed by atoms with van der Waals surface area (Å²) in [6.07, 6.45) is 2.04. The summed E-state index contributed by atoms with van der Waals surface area (Å²) < 4.78 is 7.16. The fourth-order valence-electron chi connectivity index (χ4n) is 1.29. The van der Waals surface area contributed by atoms with Crippen molar-refractivity contribution in [2.45, 2.75) is 20.8 Å². The van der Waals surface area contributed by atoms with Crippen LogP contribution in [0.4, 0.5) is 0 Å². The van der Waals surface area contributed by atoms with Crippen molar-refractivity contribution in [3.8, 4) is 0 Å². The number of rotatable bonds is 5. The van der Waals surface area contributed by atoms with E-state index in [1.54, 1.807) is 0 Å². The molecule has 1 rings (SSSR count). The van der Waals surface area contributed by atoms with Gasteiger partial charge < -0.3 is 9.73 Å². The van der Waals surface area contributed by atoms with Crippen LogP contribution in [0, 0.1) is 5.92 Å². The van der Waals surface area contributed by atoms with Gasteiger partial charge in [0.25, 0.3) is 0 Å². The zero-order valence-corrected chi connectivity index (χ0v) is 13.0. The molecular formula is C12H17Br2NO. The minimum Gasteiger partial charge on any atom is -0.449 e. The van der Waals surface area contributed by atoms with Gasteiger partial charge in [0.15, 0.2) is 4.67 Å². The molecule has 0 unspecified atom stereocenters. The quantitative estimate of drug-likeness (QED) is 0.848. The maximum absolute atomic E-state index is 5.48. The van der Waals surface area contributed by atoms with Crippen molar-refractivity contribution in [1.82, 2.24) is 5.32 Å². The molecule has 1 aromatic rings. The Balaban J connectivity index is 2.49. The van der Waals surface area contributed by atoms with Gasteiger partial charge in [0, 0.05) is 6.54 Å². The lowest BCUT2D eigenvalue weighted by Gasteiger charge is -2.06. The third kappa shape index (κ3) is 4.85. The standard InChI is InChI=1S/C12H17Br2NO/c1-8(2)6-15-7-9(3)4-10-5-11(13)12(14)16-10/h4-5,8,15H,6-7H2,1-3H3. The van der Waals surface area contributed by atoms with Gasteiger partial charge in [0.2, 0.25) is 0 Å². The van der Waals surface area contributed by atoms with Gasteiger partial charge in [-0.3, -0.25) is 0 Å². The van der Waals surface area contributed by atoms with Gasteiger partial charge in [-0.05, 0) is 63.4 Å².